The third kappa shape index (κ3) is 19.8. The van der Waals surface area contributed by atoms with Crippen LogP contribution in [0, 0.1) is 0 Å². The topological polar surface area (TPSA) is 159 Å². The number of aliphatic carboxylic acids is 4. The van der Waals surface area contributed by atoms with Crippen molar-refractivity contribution in [2.75, 3.05) is 58.9 Å². The van der Waals surface area contributed by atoms with Crippen LogP contribution in [-0.4, -0.2) is 118 Å². The molecule has 29 heavy (non-hydrogen) atoms. The number of carbonyl (C=O) groups is 4. The summed E-state index contributed by atoms with van der Waals surface area (Å²) in [4.78, 5) is 48.0. The molecule has 0 saturated heterocycles. The first kappa shape index (κ1) is 29.9. The molecule has 0 bridgehead atoms. The average Bonchev–Trinajstić information content (AvgIpc) is 2.60. The van der Waals surface area contributed by atoms with Gasteiger partial charge in [0.2, 0.25) is 0 Å². The molecule has 0 aliphatic carbocycles. The van der Waals surface area contributed by atoms with E-state index in [-0.39, 0.29) is 13.1 Å². The first-order chi connectivity index (χ1) is 13.6. The second-order valence-electron chi connectivity index (χ2n) is 6.19. The molecule has 0 aliphatic heterocycles. The van der Waals surface area contributed by atoms with E-state index in [1.165, 1.54) is 9.80 Å². The van der Waals surface area contributed by atoms with E-state index in [0.29, 0.717) is 19.6 Å². The molecule has 11 nitrogen and oxygen atoms in total. The van der Waals surface area contributed by atoms with Gasteiger partial charge in [-0.2, -0.15) is 0 Å². The van der Waals surface area contributed by atoms with Crippen molar-refractivity contribution in [3.8, 4) is 0 Å². The summed E-state index contributed by atoms with van der Waals surface area (Å²) in [5.41, 5.74) is 0. The van der Waals surface area contributed by atoms with E-state index in [2.05, 4.69) is 9.69 Å². The number of rotatable bonds is 17. The van der Waals surface area contributed by atoms with E-state index in [4.69, 9.17) is 20.4 Å². The Labute approximate surface area is 183 Å². The van der Waals surface area contributed by atoms with Crippen molar-refractivity contribution < 1.29 is 56.9 Å². The van der Waals surface area contributed by atoms with Crippen LogP contribution in [0.4, 0.5) is 0 Å². The minimum atomic E-state index is -1.12. The van der Waals surface area contributed by atoms with Gasteiger partial charge in [-0.05, 0) is 13.0 Å². The molecule has 0 aromatic heterocycles. The average molecular weight is 528 g/mol. The van der Waals surface area contributed by atoms with Crippen molar-refractivity contribution in [3.63, 3.8) is 0 Å². The van der Waals surface area contributed by atoms with Crippen LogP contribution < -0.4 is 0 Å². The first-order valence-corrected chi connectivity index (χ1v) is 11.1. The van der Waals surface area contributed by atoms with Crippen molar-refractivity contribution >= 4 is 33.6 Å². The molecule has 171 valence electrons. The molecule has 0 radical (unpaired) electrons. The molecule has 0 saturated carbocycles. The monoisotopic (exact) mass is 528 g/mol. The van der Waals surface area contributed by atoms with Crippen molar-refractivity contribution in [1.29, 1.82) is 0 Å². The Kier molecular flexibility index (Phi) is 19.2. The van der Waals surface area contributed by atoms with Crippen LogP contribution in [0.1, 0.15) is 19.8 Å². The fourth-order valence-corrected chi connectivity index (χ4v) is 2.48. The maximum atomic E-state index is 10.9. The fourth-order valence-electron chi connectivity index (χ4n) is 2.48. The molecule has 0 aromatic rings. The van der Waals surface area contributed by atoms with Gasteiger partial charge >= 0.3 is 50.9 Å². The Bertz CT molecular complexity index is 441. The molecule has 0 atom stereocenters. The molecular formula is C16H29ClN3O8Ru. The molecule has 0 rings (SSSR count). The molecule has 4 N–H and O–H groups in total. The number of carboxylic acids is 4. The molecule has 0 aromatic carbocycles. The van der Waals surface area contributed by atoms with Crippen LogP contribution in [-0.2, 0) is 36.5 Å². The zero-order valence-corrected chi connectivity index (χ0v) is 18.8. The van der Waals surface area contributed by atoms with Crippen LogP contribution in [0.25, 0.3) is 0 Å². The molecular weight excluding hydrogens is 499 g/mol. The van der Waals surface area contributed by atoms with Crippen LogP contribution in [0.2, 0.25) is 0 Å². The number of nitrogens with zero attached hydrogens (tertiary/aromatic N) is 3. The fraction of sp³-hybridized carbons (Fsp3) is 0.750. The zero-order chi connectivity index (χ0) is 22.8. The van der Waals surface area contributed by atoms with Crippen molar-refractivity contribution in [2.45, 2.75) is 19.8 Å². The number of halogens is 1. The van der Waals surface area contributed by atoms with Crippen molar-refractivity contribution in [2.24, 2.45) is 0 Å². The Morgan fingerprint density at radius 3 is 1.14 bits per heavy atom. The summed E-state index contributed by atoms with van der Waals surface area (Å²) >= 11 is 1.82. The van der Waals surface area contributed by atoms with Gasteiger partial charge in [0.15, 0.2) is 0 Å². The normalized spacial score (nSPS) is 10.7. The van der Waals surface area contributed by atoms with E-state index < -0.39 is 50.1 Å². The quantitative estimate of drug-likeness (QED) is 0.184. The summed E-state index contributed by atoms with van der Waals surface area (Å²) < 4.78 is 0. The van der Waals surface area contributed by atoms with Crippen molar-refractivity contribution in [3.05, 3.63) is 0 Å². The molecule has 0 fully saturated rings. The van der Waals surface area contributed by atoms with Gasteiger partial charge < -0.3 is 25.3 Å². The standard InChI is InChI=1S/C16H29N3O8.ClH.Ru/c1-2-3-4-17(5-7-18(9-13(20)21)10-14(22)23)6-8-19(11-15(24)25)12-16(26)27;;/h2-12H2,1H3,(H,20,21)(H,22,23)(H,24,25)(H,26,27);1H;/q;;+1/p-1. The van der Waals surface area contributed by atoms with E-state index in [1.807, 2.05) is 29.1 Å². The van der Waals surface area contributed by atoms with E-state index >= 15 is 0 Å². The van der Waals surface area contributed by atoms with Gasteiger partial charge in [0.05, 0.1) is 26.2 Å². The predicted molar refractivity (Wildman–Crippen MR) is 101 cm³/mol. The third-order valence-corrected chi connectivity index (χ3v) is 3.73. The van der Waals surface area contributed by atoms with Gasteiger partial charge in [0, 0.05) is 26.2 Å². The van der Waals surface area contributed by atoms with Gasteiger partial charge in [-0.3, -0.25) is 29.0 Å². The van der Waals surface area contributed by atoms with Crippen LogP contribution >= 0.6 is 9.69 Å². The molecule has 0 aliphatic rings. The van der Waals surface area contributed by atoms with Gasteiger partial charge in [0.1, 0.15) is 0 Å². The molecule has 0 unspecified atom stereocenters. The molecule has 0 amide bonds. The second kappa shape index (κ2) is 18.7. The van der Waals surface area contributed by atoms with Crippen molar-refractivity contribution in [1.82, 2.24) is 14.7 Å². The number of hydrogen-bond acceptors (Lipinski definition) is 7. The van der Waals surface area contributed by atoms with Gasteiger partial charge in [-0.1, -0.05) is 13.3 Å². The van der Waals surface area contributed by atoms with E-state index in [0.717, 1.165) is 12.8 Å². The summed E-state index contributed by atoms with van der Waals surface area (Å²) in [7, 11) is 4.57. The second-order valence-corrected chi connectivity index (χ2v) is 6.19. The molecule has 0 heterocycles. The van der Waals surface area contributed by atoms with Crippen LogP contribution in [0.3, 0.4) is 0 Å². The Balaban J connectivity index is 0. The summed E-state index contributed by atoms with van der Waals surface area (Å²) in [5.74, 6) is -4.48. The summed E-state index contributed by atoms with van der Waals surface area (Å²) in [6, 6.07) is 0. The summed E-state index contributed by atoms with van der Waals surface area (Å²) in [6.45, 7) is 2.34. The van der Waals surface area contributed by atoms with Crippen LogP contribution in [0.15, 0.2) is 0 Å². The molecule has 0 spiro atoms. The van der Waals surface area contributed by atoms with E-state index in [9.17, 15) is 19.2 Å². The molecule has 13 heteroatoms. The number of carboxylic acid groups (broad SMARTS) is 4. The summed E-state index contributed by atoms with van der Waals surface area (Å²) in [6.07, 6.45) is 1.77. The number of unbranched alkanes of at least 4 members (excludes halogenated alkanes) is 1. The minimum absolute atomic E-state index is 0.222. The first-order valence-electron chi connectivity index (χ1n) is 8.81. The zero-order valence-electron chi connectivity index (χ0n) is 16.3. The SMILES string of the molecule is CCCCN(CCN(CC(=O)O)CC(=O)O)CCN(CC(=O)O)CC(=O)O.[Cl][Ru]. The Morgan fingerprint density at radius 2 is 0.897 bits per heavy atom. The summed E-state index contributed by atoms with van der Waals surface area (Å²) in [5, 5.41) is 35.5. The third-order valence-electron chi connectivity index (χ3n) is 3.73. The number of hydrogen-bond donors (Lipinski definition) is 4. The van der Waals surface area contributed by atoms with E-state index in [1.54, 1.807) is 0 Å². The Hall–Kier alpha value is -1.33. The predicted octanol–water partition coefficient (Wildman–Crippen LogP) is -0.282. The van der Waals surface area contributed by atoms with Gasteiger partial charge in [0.25, 0.3) is 0 Å². The van der Waals surface area contributed by atoms with Crippen LogP contribution in [0.5, 0.6) is 0 Å². The maximum absolute atomic E-state index is 10.9. The van der Waals surface area contributed by atoms with Gasteiger partial charge in [-0.25, -0.2) is 0 Å². The van der Waals surface area contributed by atoms with Gasteiger partial charge in [-0.15, -0.1) is 0 Å². The Morgan fingerprint density at radius 1 is 0.621 bits per heavy atom.